The standard InChI is InChI=1S/C23H29N7O2/c1-15-11-16(19-18(13-25-14-27-19)30-9-7-24-8-10-30)5-6-17(15)12-26-21(31)20-28-22(32-29-20)23(2,3)4/h5-6,11,13-14,24H,7-10,12H2,1-4H3,(H,26,31). The molecule has 1 aliphatic heterocycles. The minimum absolute atomic E-state index is 0.0471. The van der Waals surface area contributed by atoms with Crippen molar-refractivity contribution in [3.05, 3.63) is 53.6 Å². The van der Waals surface area contributed by atoms with Crippen LogP contribution >= 0.6 is 0 Å². The molecule has 9 nitrogen and oxygen atoms in total. The average Bonchev–Trinajstić information content (AvgIpc) is 3.30. The zero-order valence-electron chi connectivity index (χ0n) is 19.0. The van der Waals surface area contributed by atoms with E-state index in [1.807, 2.05) is 46.0 Å². The van der Waals surface area contributed by atoms with Crippen LogP contribution in [-0.4, -0.2) is 52.2 Å². The smallest absolute Gasteiger partial charge is 0.292 e. The molecule has 1 aromatic carbocycles. The lowest BCUT2D eigenvalue weighted by Gasteiger charge is -2.30. The molecular weight excluding hydrogens is 406 g/mol. The molecule has 0 spiro atoms. The van der Waals surface area contributed by atoms with Crippen molar-refractivity contribution < 1.29 is 9.32 Å². The molecule has 1 aliphatic rings. The molecule has 1 fully saturated rings. The second kappa shape index (κ2) is 9.04. The molecular formula is C23H29N7O2. The first-order chi connectivity index (χ1) is 15.3. The fourth-order valence-corrected chi connectivity index (χ4v) is 3.60. The number of hydrogen-bond acceptors (Lipinski definition) is 8. The summed E-state index contributed by atoms with van der Waals surface area (Å²) < 4.78 is 5.21. The van der Waals surface area contributed by atoms with Crippen LogP contribution in [0.25, 0.3) is 11.3 Å². The van der Waals surface area contributed by atoms with E-state index >= 15 is 0 Å². The Hall–Kier alpha value is -3.33. The van der Waals surface area contributed by atoms with Crippen LogP contribution in [0.15, 0.2) is 35.2 Å². The number of nitrogens with zero attached hydrogens (tertiary/aromatic N) is 5. The van der Waals surface area contributed by atoms with Crippen molar-refractivity contribution in [2.24, 2.45) is 0 Å². The van der Waals surface area contributed by atoms with E-state index in [1.165, 1.54) is 0 Å². The van der Waals surface area contributed by atoms with Gasteiger partial charge < -0.3 is 20.1 Å². The molecule has 3 heterocycles. The molecule has 2 aromatic heterocycles. The first-order valence-corrected chi connectivity index (χ1v) is 10.8. The van der Waals surface area contributed by atoms with E-state index in [0.717, 1.165) is 54.3 Å². The predicted molar refractivity (Wildman–Crippen MR) is 121 cm³/mol. The molecule has 9 heteroatoms. The van der Waals surface area contributed by atoms with Gasteiger partial charge in [-0.25, -0.2) is 9.97 Å². The molecule has 0 saturated carbocycles. The van der Waals surface area contributed by atoms with Crippen LogP contribution < -0.4 is 15.5 Å². The van der Waals surface area contributed by atoms with Crippen molar-refractivity contribution in [3.8, 4) is 11.3 Å². The number of nitrogens with one attached hydrogen (secondary N) is 2. The summed E-state index contributed by atoms with van der Waals surface area (Å²) >= 11 is 0. The molecule has 2 N–H and O–H groups in total. The third-order valence-electron chi connectivity index (χ3n) is 5.48. The fourth-order valence-electron chi connectivity index (χ4n) is 3.60. The van der Waals surface area contributed by atoms with Gasteiger partial charge in [0.15, 0.2) is 0 Å². The third kappa shape index (κ3) is 4.77. The van der Waals surface area contributed by atoms with E-state index in [4.69, 9.17) is 4.52 Å². The highest BCUT2D eigenvalue weighted by molar-refractivity contribution is 5.90. The van der Waals surface area contributed by atoms with Crippen LogP contribution in [0.1, 0.15) is 48.4 Å². The van der Waals surface area contributed by atoms with Crippen LogP contribution in [0.5, 0.6) is 0 Å². The van der Waals surface area contributed by atoms with E-state index in [9.17, 15) is 4.79 Å². The average molecular weight is 436 g/mol. The number of rotatable bonds is 5. The van der Waals surface area contributed by atoms with Gasteiger partial charge >= 0.3 is 0 Å². The van der Waals surface area contributed by atoms with Gasteiger partial charge in [0.05, 0.1) is 17.6 Å². The maximum atomic E-state index is 12.5. The molecule has 32 heavy (non-hydrogen) atoms. The largest absolute Gasteiger partial charge is 0.366 e. The van der Waals surface area contributed by atoms with E-state index in [0.29, 0.717) is 12.4 Å². The maximum Gasteiger partial charge on any atom is 0.292 e. The third-order valence-corrected chi connectivity index (χ3v) is 5.48. The van der Waals surface area contributed by atoms with Gasteiger partial charge in [0.1, 0.15) is 6.33 Å². The van der Waals surface area contributed by atoms with Gasteiger partial charge in [-0.3, -0.25) is 4.79 Å². The molecule has 3 aromatic rings. The Morgan fingerprint density at radius 2 is 2.03 bits per heavy atom. The van der Waals surface area contributed by atoms with Gasteiger partial charge in [-0.05, 0) is 24.1 Å². The van der Waals surface area contributed by atoms with Gasteiger partial charge in [-0.1, -0.05) is 38.1 Å². The Morgan fingerprint density at radius 3 is 2.72 bits per heavy atom. The molecule has 0 aliphatic carbocycles. The molecule has 0 unspecified atom stereocenters. The van der Waals surface area contributed by atoms with Crippen LogP contribution in [-0.2, 0) is 12.0 Å². The summed E-state index contributed by atoms with van der Waals surface area (Å²) in [7, 11) is 0. The van der Waals surface area contributed by atoms with Crippen molar-refractivity contribution in [2.45, 2.75) is 39.7 Å². The van der Waals surface area contributed by atoms with Crippen molar-refractivity contribution in [2.75, 3.05) is 31.1 Å². The molecule has 4 rings (SSSR count). The minimum Gasteiger partial charge on any atom is -0.366 e. The number of hydrogen-bond donors (Lipinski definition) is 2. The molecule has 1 amide bonds. The van der Waals surface area contributed by atoms with Crippen LogP contribution in [0.4, 0.5) is 5.69 Å². The lowest BCUT2D eigenvalue weighted by molar-refractivity contribution is 0.0937. The van der Waals surface area contributed by atoms with Crippen LogP contribution in [0, 0.1) is 6.92 Å². The molecule has 0 radical (unpaired) electrons. The summed E-state index contributed by atoms with van der Waals surface area (Å²) in [6.45, 7) is 12.0. The highest BCUT2D eigenvalue weighted by Crippen LogP contribution is 2.29. The summed E-state index contributed by atoms with van der Waals surface area (Å²) in [5, 5.41) is 10.1. The summed E-state index contributed by atoms with van der Waals surface area (Å²) in [5.74, 6) is 0.128. The summed E-state index contributed by atoms with van der Waals surface area (Å²) in [6, 6.07) is 6.15. The first kappa shape index (κ1) is 21.9. The van der Waals surface area contributed by atoms with E-state index in [-0.39, 0.29) is 17.1 Å². The van der Waals surface area contributed by atoms with Crippen LogP contribution in [0.2, 0.25) is 0 Å². The quantitative estimate of drug-likeness (QED) is 0.629. The fraction of sp³-hybridized carbons (Fsp3) is 0.435. The van der Waals surface area contributed by atoms with Gasteiger partial charge in [0.2, 0.25) is 5.89 Å². The van der Waals surface area contributed by atoms with Gasteiger partial charge in [-0.2, -0.15) is 4.98 Å². The van der Waals surface area contributed by atoms with E-state index in [2.05, 4.69) is 41.7 Å². The number of amides is 1. The first-order valence-electron chi connectivity index (χ1n) is 10.8. The van der Waals surface area contributed by atoms with Crippen molar-refractivity contribution in [1.82, 2.24) is 30.7 Å². The number of piperazine rings is 1. The maximum absolute atomic E-state index is 12.5. The molecule has 168 valence electrons. The Balaban J connectivity index is 1.47. The van der Waals surface area contributed by atoms with Gasteiger partial charge in [0, 0.05) is 43.7 Å². The number of anilines is 1. The monoisotopic (exact) mass is 435 g/mol. The Bertz CT molecular complexity index is 1100. The van der Waals surface area contributed by atoms with Crippen molar-refractivity contribution >= 4 is 11.6 Å². The minimum atomic E-state index is -0.357. The van der Waals surface area contributed by atoms with E-state index in [1.54, 1.807) is 6.33 Å². The Kier molecular flexibility index (Phi) is 6.18. The second-order valence-electron chi connectivity index (χ2n) is 8.99. The van der Waals surface area contributed by atoms with Crippen molar-refractivity contribution in [3.63, 3.8) is 0 Å². The zero-order chi connectivity index (χ0) is 22.7. The zero-order valence-corrected chi connectivity index (χ0v) is 19.0. The molecule has 1 saturated heterocycles. The van der Waals surface area contributed by atoms with Gasteiger partial charge in [0.25, 0.3) is 11.7 Å². The van der Waals surface area contributed by atoms with E-state index < -0.39 is 0 Å². The lowest BCUT2D eigenvalue weighted by atomic mass is 9.97. The lowest BCUT2D eigenvalue weighted by Crippen LogP contribution is -2.43. The Morgan fingerprint density at radius 1 is 1.25 bits per heavy atom. The number of carbonyl (C=O) groups excluding carboxylic acids is 1. The number of aryl methyl sites for hydroxylation is 1. The number of benzene rings is 1. The summed E-state index contributed by atoms with van der Waals surface area (Å²) in [4.78, 5) is 27.8. The number of carbonyl (C=O) groups is 1. The summed E-state index contributed by atoms with van der Waals surface area (Å²) in [6.07, 6.45) is 3.47. The number of aromatic nitrogens is 4. The molecule has 0 bridgehead atoms. The van der Waals surface area contributed by atoms with Gasteiger partial charge in [-0.15, -0.1) is 0 Å². The highest BCUT2D eigenvalue weighted by Gasteiger charge is 2.24. The molecule has 0 atom stereocenters. The Labute approximate surface area is 187 Å². The summed E-state index contributed by atoms with van der Waals surface area (Å²) in [5.41, 5.74) is 4.77. The normalized spacial score (nSPS) is 14.4. The second-order valence-corrected chi connectivity index (χ2v) is 8.99. The predicted octanol–water partition coefficient (Wildman–Crippen LogP) is 2.47. The van der Waals surface area contributed by atoms with Crippen molar-refractivity contribution in [1.29, 1.82) is 0 Å². The highest BCUT2D eigenvalue weighted by atomic mass is 16.5. The van der Waals surface area contributed by atoms with Crippen LogP contribution in [0.3, 0.4) is 0 Å². The SMILES string of the molecule is Cc1cc(-c2ncncc2N2CCNCC2)ccc1CNC(=O)c1noc(C(C)(C)C)n1. The topological polar surface area (TPSA) is 109 Å².